The molecule has 21 heavy (non-hydrogen) atoms. The van der Waals surface area contributed by atoms with Crippen molar-refractivity contribution in [3.63, 3.8) is 0 Å². The minimum Gasteiger partial charge on any atom is -0.483 e. The van der Waals surface area contributed by atoms with E-state index in [0.717, 1.165) is 11.3 Å². The molecule has 1 aromatic carbocycles. The Morgan fingerprint density at radius 3 is 2.62 bits per heavy atom. The van der Waals surface area contributed by atoms with Gasteiger partial charge in [-0.2, -0.15) is 0 Å². The smallest absolute Gasteiger partial charge is 0.258 e. The molecule has 0 radical (unpaired) electrons. The Kier molecular flexibility index (Phi) is 7.19. The van der Waals surface area contributed by atoms with Gasteiger partial charge in [0.15, 0.2) is 6.61 Å². The third-order valence-electron chi connectivity index (χ3n) is 2.77. The first kappa shape index (κ1) is 17.5. The second-order valence-corrected chi connectivity index (χ2v) is 5.84. The van der Waals surface area contributed by atoms with Crippen LogP contribution in [0.2, 0.25) is 0 Å². The minimum absolute atomic E-state index is 0.0102. The van der Waals surface area contributed by atoms with E-state index in [0.29, 0.717) is 19.7 Å². The lowest BCUT2D eigenvalue weighted by molar-refractivity contribution is -0.123. The molecule has 0 saturated carbocycles. The minimum atomic E-state index is -0.148. The largest absolute Gasteiger partial charge is 0.483 e. The van der Waals surface area contributed by atoms with Crippen LogP contribution in [0.15, 0.2) is 24.3 Å². The van der Waals surface area contributed by atoms with E-state index >= 15 is 0 Å². The molecule has 0 aliphatic rings. The number of amides is 1. The fourth-order valence-electron chi connectivity index (χ4n) is 1.64. The van der Waals surface area contributed by atoms with Crippen LogP contribution < -0.4 is 15.4 Å². The van der Waals surface area contributed by atoms with Gasteiger partial charge in [0.25, 0.3) is 5.91 Å². The normalized spacial score (nSPS) is 11.2. The Balaban J connectivity index is 2.49. The number of carbonyl (C=O) groups excluding carboxylic acids is 1. The molecule has 0 unspecified atom stereocenters. The number of ether oxygens (including phenoxy) is 2. The molecule has 0 aliphatic heterocycles. The molecule has 0 bridgehead atoms. The Morgan fingerprint density at radius 1 is 1.24 bits per heavy atom. The monoisotopic (exact) mass is 294 g/mol. The SMILES string of the molecule is COCCNC(=O)COc1ccccc1CNC(C)(C)C. The van der Waals surface area contributed by atoms with Crippen molar-refractivity contribution in [3.05, 3.63) is 29.8 Å². The lowest BCUT2D eigenvalue weighted by atomic mass is 10.1. The average Bonchev–Trinajstić information content (AvgIpc) is 2.43. The highest BCUT2D eigenvalue weighted by molar-refractivity contribution is 5.77. The Hall–Kier alpha value is -1.59. The predicted molar refractivity (Wildman–Crippen MR) is 83.4 cm³/mol. The maximum absolute atomic E-state index is 11.6. The molecule has 1 amide bonds. The Labute approximate surface area is 127 Å². The molecule has 1 aromatic rings. The third-order valence-corrected chi connectivity index (χ3v) is 2.77. The molecule has 118 valence electrons. The van der Waals surface area contributed by atoms with Crippen LogP contribution in [0.1, 0.15) is 26.3 Å². The number of para-hydroxylation sites is 1. The topological polar surface area (TPSA) is 59.6 Å². The first-order valence-electron chi connectivity index (χ1n) is 7.14. The van der Waals surface area contributed by atoms with Gasteiger partial charge in [-0.3, -0.25) is 4.79 Å². The van der Waals surface area contributed by atoms with Gasteiger partial charge in [0.2, 0.25) is 0 Å². The molecule has 0 heterocycles. The summed E-state index contributed by atoms with van der Waals surface area (Å²) >= 11 is 0. The summed E-state index contributed by atoms with van der Waals surface area (Å²) in [6, 6.07) is 7.74. The summed E-state index contributed by atoms with van der Waals surface area (Å²) in [6.07, 6.45) is 0. The van der Waals surface area contributed by atoms with E-state index in [1.807, 2.05) is 24.3 Å². The number of rotatable bonds is 8. The number of carbonyl (C=O) groups is 1. The molecule has 0 aromatic heterocycles. The molecule has 0 atom stereocenters. The Morgan fingerprint density at radius 2 is 1.95 bits per heavy atom. The second-order valence-electron chi connectivity index (χ2n) is 5.84. The third kappa shape index (κ3) is 7.68. The van der Waals surface area contributed by atoms with Crippen LogP contribution >= 0.6 is 0 Å². The lowest BCUT2D eigenvalue weighted by Crippen LogP contribution is -2.35. The standard InChI is InChI=1S/C16H26N2O3/c1-16(2,3)18-11-13-7-5-6-8-14(13)21-12-15(19)17-9-10-20-4/h5-8,18H,9-12H2,1-4H3,(H,17,19). The van der Waals surface area contributed by atoms with Gasteiger partial charge < -0.3 is 20.1 Å². The summed E-state index contributed by atoms with van der Waals surface area (Å²) in [5, 5.41) is 6.14. The molecular weight excluding hydrogens is 268 g/mol. The van der Waals surface area contributed by atoms with Gasteiger partial charge in [0.05, 0.1) is 6.61 Å². The molecule has 1 rings (SSSR count). The van der Waals surface area contributed by atoms with Crippen molar-refractivity contribution in [1.29, 1.82) is 0 Å². The van der Waals surface area contributed by atoms with E-state index in [1.165, 1.54) is 0 Å². The quantitative estimate of drug-likeness (QED) is 0.717. The summed E-state index contributed by atoms with van der Waals surface area (Å²) in [5.74, 6) is 0.585. The molecule has 2 N–H and O–H groups in total. The van der Waals surface area contributed by atoms with Gasteiger partial charge in [-0.15, -0.1) is 0 Å². The highest BCUT2D eigenvalue weighted by Gasteiger charge is 2.11. The zero-order valence-corrected chi connectivity index (χ0v) is 13.4. The van der Waals surface area contributed by atoms with E-state index in [-0.39, 0.29) is 18.1 Å². The predicted octanol–water partition coefficient (Wildman–Crippen LogP) is 1.72. The first-order valence-corrected chi connectivity index (χ1v) is 7.14. The number of hydrogen-bond acceptors (Lipinski definition) is 4. The molecule has 0 fully saturated rings. The van der Waals surface area contributed by atoms with E-state index in [9.17, 15) is 4.79 Å². The van der Waals surface area contributed by atoms with Crippen LogP contribution in [0.25, 0.3) is 0 Å². The van der Waals surface area contributed by atoms with Crippen LogP contribution in [0, 0.1) is 0 Å². The summed E-state index contributed by atoms with van der Waals surface area (Å²) in [6.45, 7) is 8.03. The van der Waals surface area contributed by atoms with Crippen molar-refractivity contribution in [3.8, 4) is 5.75 Å². The van der Waals surface area contributed by atoms with Crippen molar-refractivity contribution in [2.75, 3.05) is 26.9 Å². The number of benzene rings is 1. The Bertz CT molecular complexity index is 441. The fourth-order valence-corrected chi connectivity index (χ4v) is 1.64. The van der Waals surface area contributed by atoms with Crippen LogP contribution in [-0.4, -0.2) is 38.3 Å². The van der Waals surface area contributed by atoms with E-state index < -0.39 is 0 Å². The van der Waals surface area contributed by atoms with Crippen molar-refractivity contribution < 1.29 is 14.3 Å². The number of nitrogens with one attached hydrogen (secondary N) is 2. The molecule has 0 spiro atoms. The summed E-state index contributed by atoms with van der Waals surface area (Å²) in [4.78, 5) is 11.6. The van der Waals surface area contributed by atoms with Crippen LogP contribution in [0.4, 0.5) is 0 Å². The van der Waals surface area contributed by atoms with E-state index in [4.69, 9.17) is 9.47 Å². The molecule has 0 aliphatic carbocycles. The van der Waals surface area contributed by atoms with Gasteiger partial charge >= 0.3 is 0 Å². The van der Waals surface area contributed by atoms with Gasteiger partial charge in [0.1, 0.15) is 5.75 Å². The van der Waals surface area contributed by atoms with Crippen molar-refractivity contribution in [1.82, 2.24) is 10.6 Å². The van der Waals surface area contributed by atoms with Crippen LogP contribution in [0.5, 0.6) is 5.75 Å². The van der Waals surface area contributed by atoms with Gasteiger partial charge in [0, 0.05) is 31.3 Å². The van der Waals surface area contributed by atoms with E-state index in [2.05, 4.69) is 31.4 Å². The summed E-state index contributed by atoms with van der Waals surface area (Å²) < 4.78 is 10.5. The maximum Gasteiger partial charge on any atom is 0.258 e. The molecule has 0 saturated heterocycles. The van der Waals surface area contributed by atoms with Crippen molar-refractivity contribution in [2.24, 2.45) is 0 Å². The lowest BCUT2D eigenvalue weighted by Gasteiger charge is -2.21. The zero-order chi connectivity index (χ0) is 15.7. The van der Waals surface area contributed by atoms with Crippen LogP contribution in [-0.2, 0) is 16.1 Å². The molecule has 5 nitrogen and oxygen atoms in total. The second kappa shape index (κ2) is 8.64. The highest BCUT2D eigenvalue weighted by Crippen LogP contribution is 2.18. The first-order chi connectivity index (χ1) is 9.92. The van der Waals surface area contributed by atoms with Crippen molar-refractivity contribution >= 4 is 5.91 Å². The van der Waals surface area contributed by atoms with Gasteiger partial charge in [-0.05, 0) is 26.8 Å². The highest BCUT2D eigenvalue weighted by atomic mass is 16.5. The average molecular weight is 294 g/mol. The van der Waals surface area contributed by atoms with Crippen LogP contribution in [0.3, 0.4) is 0 Å². The van der Waals surface area contributed by atoms with Crippen molar-refractivity contribution in [2.45, 2.75) is 32.9 Å². The zero-order valence-electron chi connectivity index (χ0n) is 13.4. The molecular formula is C16H26N2O3. The van der Waals surface area contributed by atoms with Gasteiger partial charge in [-0.1, -0.05) is 18.2 Å². The fraction of sp³-hybridized carbons (Fsp3) is 0.562. The maximum atomic E-state index is 11.6. The van der Waals surface area contributed by atoms with Gasteiger partial charge in [-0.25, -0.2) is 0 Å². The number of methoxy groups -OCH3 is 1. The summed E-state index contributed by atoms with van der Waals surface area (Å²) in [5.41, 5.74) is 1.07. The van der Waals surface area contributed by atoms with E-state index in [1.54, 1.807) is 7.11 Å². The molecule has 5 heteroatoms. The summed E-state index contributed by atoms with van der Waals surface area (Å²) in [7, 11) is 1.60. The number of hydrogen-bond donors (Lipinski definition) is 2.